The number of rotatable bonds is 7. The van der Waals surface area contributed by atoms with Gasteiger partial charge in [0.1, 0.15) is 0 Å². The van der Waals surface area contributed by atoms with Crippen LogP contribution in [0.15, 0.2) is 0 Å². The molecule has 4 nitrogen and oxygen atoms in total. The van der Waals surface area contributed by atoms with Crippen molar-refractivity contribution in [3.8, 4) is 0 Å². The SMILES string of the molecule is CCOCCC[SiH](OC)C(O)O. The van der Waals surface area contributed by atoms with Crippen LogP contribution in [-0.2, 0) is 9.16 Å². The summed E-state index contributed by atoms with van der Waals surface area (Å²) in [6, 6.07) is 0.744. The Hall–Kier alpha value is 0.0569. The lowest BCUT2D eigenvalue weighted by atomic mass is 10.5. The van der Waals surface area contributed by atoms with E-state index in [4.69, 9.17) is 19.4 Å². The molecule has 0 bridgehead atoms. The van der Waals surface area contributed by atoms with Crippen LogP contribution in [0.3, 0.4) is 0 Å². The summed E-state index contributed by atoms with van der Waals surface area (Å²) < 4.78 is 10.1. The molecule has 0 amide bonds. The summed E-state index contributed by atoms with van der Waals surface area (Å²) in [6.45, 7) is 3.32. The lowest BCUT2D eigenvalue weighted by molar-refractivity contribution is 0.0118. The molecule has 0 aromatic heterocycles. The number of hydrogen-bond donors (Lipinski definition) is 2. The largest absolute Gasteiger partial charge is 0.417 e. The molecule has 74 valence electrons. The Morgan fingerprint density at radius 2 is 2.08 bits per heavy atom. The number of aliphatic hydroxyl groups is 2. The average Bonchev–Trinajstić information content (AvgIpc) is 2.04. The molecule has 0 aromatic rings. The average molecular weight is 194 g/mol. The van der Waals surface area contributed by atoms with Gasteiger partial charge in [-0.2, -0.15) is 0 Å². The standard InChI is InChI=1S/C7H18O4Si/c1-3-11-5-4-6-12(10-2)7(8)9/h7-9,12H,3-6H2,1-2H3. The molecule has 12 heavy (non-hydrogen) atoms. The van der Waals surface area contributed by atoms with Gasteiger partial charge < -0.3 is 19.4 Å². The van der Waals surface area contributed by atoms with Crippen molar-refractivity contribution in [3.63, 3.8) is 0 Å². The Labute approximate surface area is 74.8 Å². The Bertz CT molecular complexity index is 99.4. The van der Waals surface area contributed by atoms with Crippen molar-refractivity contribution >= 4 is 9.04 Å². The quantitative estimate of drug-likeness (QED) is 0.330. The first kappa shape index (κ1) is 12.1. The van der Waals surface area contributed by atoms with Crippen molar-refractivity contribution in [2.24, 2.45) is 0 Å². The molecule has 2 N–H and O–H groups in total. The van der Waals surface area contributed by atoms with Crippen molar-refractivity contribution in [3.05, 3.63) is 0 Å². The number of hydrogen-bond acceptors (Lipinski definition) is 4. The fraction of sp³-hybridized carbons (Fsp3) is 1.00. The third-order valence-electron chi connectivity index (χ3n) is 1.62. The molecule has 0 saturated carbocycles. The summed E-state index contributed by atoms with van der Waals surface area (Å²) in [6.07, 6.45) is 0.843. The van der Waals surface area contributed by atoms with E-state index in [1.165, 1.54) is 7.11 Å². The van der Waals surface area contributed by atoms with Gasteiger partial charge in [-0.25, -0.2) is 0 Å². The van der Waals surface area contributed by atoms with Gasteiger partial charge >= 0.3 is 0 Å². The zero-order chi connectivity index (χ0) is 9.40. The summed E-state index contributed by atoms with van der Waals surface area (Å²) in [5.74, 6) is -1.25. The monoisotopic (exact) mass is 194 g/mol. The Balaban J connectivity index is 3.32. The van der Waals surface area contributed by atoms with Crippen LogP contribution < -0.4 is 0 Å². The molecule has 0 radical (unpaired) electrons. The van der Waals surface area contributed by atoms with E-state index in [9.17, 15) is 0 Å². The first-order valence-corrected chi connectivity index (χ1v) is 6.14. The molecule has 0 fully saturated rings. The van der Waals surface area contributed by atoms with E-state index in [1.807, 2.05) is 6.92 Å². The molecule has 1 atom stereocenters. The van der Waals surface area contributed by atoms with Crippen LogP contribution in [0, 0.1) is 0 Å². The van der Waals surface area contributed by atoms with E-state index in [1.54, 1.807) is 0 Å². The molecule has 0 aliphatic rings. The molecule has 0 aliphatic heterocycles. The van der Waals surface area contributed by atoms with E-state index < -0.39 is 15.0 Å². The summed E-state index contributed by atoms with van der Waals surface area (Å²) in [5, 5.41) is 17.6. The molecule has 5 heteroatoms. The maximum absolute atomic E-state index is 8.82. The highest BCUT2D eigenvalue weighted by molar-refractivity contribution is 6.52. The minimum atomic E-state index is -1.80. The van der Waals surface area contributed by atoms with Crippen molar-refractivity contribution in [1.82, 2.24) is 0 Å². The van der Waals surface area contributed by atoms with Crippen LogP contribution in [0.4, 0.5) is 0 Å². The zero-order valence-electron chi connectivity index (χ0n) is 7.69. The van der Waals surface area contributed by atoms with Crippen molar-refractivity contribution < 1.29 is 19.4 Å². The van der Waals surface area contributed by atoms with Gasteiger partial charge in [0.15, 0.2) is 5.91 Å². The van der Waals surface area contributed by atoms with Crippen LogP contribution in [0.1, 0.15) is 13.3 Å². The topological polar surface area (TPSA) is 58.9 Å². The molecular formula is C7H18O4Si. The molecule has 1 unspecified atom stereocenters. The molecule has 0 saturated heterocycles. The maximum Gasteiger partial charge on any atom is 0.237 e. The van der Waals surface area contributed by atoms with Crippen LogP contribution >= 0.6 is 0 Å². The normalized spacial score (nSPS) is 13.8. The Morgan fingerprint density at radius 3 is 2.50 bits per heavy atom. The van der Waals surface area contributed by atoms with Gasteiger partial charge in [0.25, 0.3) is 0 Å². The molecule has 0 spiro atoms. The van der Waals surface area contributed by atoms with Gasteiger partial charge in [-0.15, -0.1) is 0 Å². The predicted octanol–water partition coefficient (Wildman–Crippen LogP) is -0.367. The van der Waals surface area contributed by atoms with E-state index in [-0.39, 0.29) is 0 Å². The first-order chi connectivity index (χ1) is 5.72. The lowest BCUT2D eigenvalue weighted by Crippen LogP contribution is -2.32. The maximum atomic E-state index is 8.82. The third kappa shape index (κ3) is 5.67. The van der Waals surface area contributed by atoms with Gasteiger partial charge in [0.2, 0.25) is 9.04 Å². The van der Waals surface area contributed by atoms with Crippen molar-refractivity contribution in [2.75, 3.05) is 20.3 Å². The molecule has 0 aliphatic carbocycles. The van der Waals surface area contributed by atoms with Crippen molar-refractivity contribution in [1.29, 1.82) is 0 Å². The van der Waals surface area contributed by atoms with Crippen LogP contribution in [0.2, 0.25) is 6.04 Å². The zero-order valence-corrected chi connectivity index (χ0v) is 8.85. The molecule has 0 heterocycles. The van der Waals surface area contributed by atoms with E-state index >= 15 is 0 Å². The first-order valence-electron chi connectivity index (χ1n) is 4.19. The van der Waals surface area contributed by atoms with E-state index in [0.29, 0.717) is 13.2 Å². The van der Waals surface area contributed by atoms with Crippen molar-refractivity contribution in [2.45, 2.75) is 25.3 Å². The molecule has 0 rings (SSSR count). The smallest absolute Gasteiger partial charge is 0.237 e. The number of aliphatic hydroxyl groups excluding tert-OH is 1. The summed E-state index contributed by atoms with van der Waals surface area (Å²) >= 11 is 0. The van der Waals surface area contributed by atoms with Gasteiger partial charge in [0.05, 0.1) is 0 Å². The Kier molecular flexibility index (Phi) is 7.73. The lowest BCUT2D eigenvalue weighted by Gasteiger charge is -2.14. The fourth-order valence-electron chi connectivity index (χ4n) is 0.920. The summed E-state index contributed by atoms with van der Waals surface area (Å²) in [5.41, 5.74) is 0. The second-order valence-electron chi connectivity index (χ2n) is 2.53. The summed E-state index contributed by atoms with van der Waals surface area (Å²) in [7, 11) is -0.273. The minimum Gasteiger partial charge on any atom is -0.417 e. The third-order valence-corrected chi connectivity index (χ3v) is 3.86. The van der Waals surface area contributed by atoms with Crippen LogP contribution in [0.5, 0.6) is 0 Å². The molecule has 0 aromatic carbocycles. The van der Waals surface area contributed by atoms with E-state index in [2.05, 4.69) is 0 Å². The fourth-order valence-corrected chi connectivity index (χ4v) is 2.27. The second-order valence-corrected chi connectivity index (χ2v) is 5.25. The van der Waals surface area contributed by atoms with Gasteiger partial charge in [-0.1, -0.05) is 0 Å². The predicted molar refractivity (Wildman–Crippen MR) is 48.3 cm³/mol. The second kappa shape index (κ2) is 7.69. The van der Waals surface area contributed by atoms with E-state index in [0.717, 1.165) is 12.5 Å². The highest BCUT2D eigenvalue weighted by atomic mass is 28.3. The summed E-state index contributed by atoms with van der Waals surface area (Å²) in [4.78, 5) is 0. The van der Waals surface area contributed by atoms with Crippen LogP contribution in [-0.4, -0.2) is 45.5 Å². The highest BCUT2D eigenvalue weighted by Gasteiger charge is 2.17. The minimum absolute atomic E-state index is 0.677. The highest BCUT2D eigenvalue weighted by Crippen LogP contribution is 2.02. The Morgan fingerprint density at radius 1 is 1.42 bits per heavy atom. The van der Waals surface area contributed by atoms with Gasteiger partial charge in [0, 0.05) is 20.3 Å². The van der Waals surface area contributed by atoms with Gasteiger partial charge in [-0.05, 0) is 19.4 Å². The molecular weight excluding hydrogens is 176 g/mol. The van der Waals surface area contributed by atoms with Gasteiger partial charge in [-0.3, -0.25) is 0 Å². The number of ether oxygens (including phenoxy) is 1. The van der Waals surface area contributed by atoms with Crippen LogP contribution in [0.25, 0.3) is 0 Å².